The molecule has 216 valence electrons. The minimum Gasteiger partial charge on any atom is -0.477 e. The zero-order valence-corrected chi connectivity index (χ0v) is 24.7. The van der Waals surface area contributed by atoms with Gasteiger partial charge in [-0.1, -0.05) is 92.1 Å². The fourth-order valence-corrected chi connectivity index (χ4v) is 8.60. The average molecular weight is 601 g/mol. The van der Waals surface area contributed by atoms with Crippen LogP contribution in [-0.4, -0.2) is 48.8 Å². The number of carboxylic acid groups (broad SMARTS) is 1. The number of carbonyl (C=O) groups is 2. The van der Waals surface area contributed by atoms with Gasteiger partial charge in [-0.2, -0.15) is 4.31 Å². The van der Waals surface area contributed by atoms with E-state index in [1.807, 2.05) is 60.7 Å². The Bertz CT molecular complexity index is 1680. The third kappa shape index (κ3) is 5.52. The number of anilines is 1. The highest BCUT2D eigenvalue weighted by Crippen LogP contribution is 2.42. The second-order valence-corrected chi connectivity index (χ2v) is 13.9. The molecule has 1 atom stereocenters. The molecule has 1 aliphatic heterocycles. The van der Waals surface area contributed by atoms with Gasteiger partial charge in [0.15, 0.2) is 0 Å². The first kappa shape index (κ1) is 28.3. The van der Waals surface area contributed by atoms with Gasteiger partial charge in [-0.05, 0) is 53.6 Å². The quantitative estimate of drug-likeness (QED) is 0.253. The van der Waals surface area contributed by atoms with E-state index in [9.17, 15) is 23.1 Å². The maximum atomic E-state index is 13.9. The van der Waals surface area contributed by atoms with Crippen molar-refractivity contribution < 1.29 is 23.1 Å². The van der Waals surface area contributed by atoms with Crippen molar-refractivity contribution in [1.82, 2.24) is 4.31 Å². The van der Waals surface area contributed by atoms with E-state index in [-0.39, 0.29) is 28.8 Å². The first-order valence-electron chi connectivity index (χ1n) is 14.2. The van der Waals surface area contributed by atoms with E-state index in [4.69, 9.17) is 0 Å². The lowest BCUT2D eigenvalue weighted by molar-refractivity contribution is -0.121. The Balaban J connectivity index is 1.35. The SMILES string of the molecule is O=C(O)c1sc(-c2ccccc2)cc1N1C(=O)CN(S(=O)(=O)c2ccc(-c3ccccc3)cc2)CC1C1CCCCC1. The van der Waals surface area contributed by atoms with E-state index in [1.54, 1.807) is 35.2 Å². The van der Waals surface area contributed by atoms with Crippen LogP contribution in [0.2, 0.25) is 0 Å². The predicted octanol–water partition coefficient (Wildman–Crippen LogP) is 6.77. The van der Waals surface area contributed by atoms with Gasteiger partial charge in [-0.3, -0.25) is 4.79 Å². The van der Waals surface area contributed by atoms with Crippen LogP contribution in [0.3, 0.4) is 0 Å². The summed E-state index contributed by atoms with van der Waals surface area (Å²) in [6.07, 6.45) is 4.84. The lowest BCUT2D eigenvalue weighted by Gasteiger charge is -2.44. The van der Waals surface area contributed by atoms with Crippen LogP contribution in [0, 0.1) is 5.92 Å². The van der Waals surface area contributed by atoms with Crippen LogP contribution in [0.5, 0.6) is 0 Å². The van der Waals surface area contributed by atoms with Gasteiger partial charge in [0.25, 0.3) is 0 Å². The summed E-state index contributed by atoms with van der Waals surface area (Å²) in [5.41, 5.74) is 3.13. The zero-order valence-electron chi connectivity index (χ0n) is 23.1. The molecule has 0 bridgehead atoms. The van der Waals surface area contributed by atoms with Crippen LogP contribution in [0.1, 0.15) is 41.8 Å². The van der Waals surface area contributed by atoms with Gasteiger partial charge in [-0.15, -0.1) is 11.3 Å². The van der Waals surface area contributed by atoms with Crippen molar-refractivity contribution >= 4 is 38.9 Å². The minimum atomic E-state index is -3.96. The van der Waals surface area contributed by atoms with Crippen molar-refractivity contribution in [3.05, 3.63) is 95.9 Å². The monoisotopic (exact) mass is 600 g/mol. The number of carbonyl (C=O) groups excluding carboxylic acids is 1. The molecule has 3 aromatic carbocycles. The van der Waals surface area contributed by atoms with Crippen LogP contribution < -0.4 is 4.90 Å². The van der Waals surface area contributed by atoms with Crippen molar-refractivity contribution in [2.75, 3.05) is 18.0 Å². The number of piperazine rings is 1. The number of benzene rings is 3. The molecule has 4 aromatic rings. The summed E-state index contributed by atoms with van der Waals surface area (Å²) in [5, 5.41) is 10.1. The highest BCUT2D eigenvalue weighted by Gasteiger charge is 2.44. The fraction of sp³-hybridized carbons (Fsp3) is 0.273. The molecule has 0 spiro atoms. The van der Waals surface area contributed by atoms with E-state index in [0.717, 1.165) is 65.0 Å². The van der Waals surface area contributed by atoms with Crippen LogP contribution >= 0.6 is 11.3 Å². The number of aromatic carboxylic acids is 1. The number of hydrogen-bond donors (Lipinski definition) is 1. The summed E-state index contributed by atoms with van der Waals surface area (Å²) in [6, 6.07) is 27.3. The number of nitrogens with zero attached hydrogens (tertiary/aromatic N) is 2. The second kappa shape index (κ2) is 11.8. The number of amides is 1. The van der Waals surface area contributed by atoms with Crippen LogP contribution in [-0.2, 0) is 14.8 Å². The summed E-state index contributed by atoms with van der Waals surface area (Å²) in [5.74, 6) is -1.43. The van der Waals surface area contributed by atoms with E-state index >= 15 is 0 Å². The number of rotatable bonds is 7. The topological polar surface area (TPSA) is 95.0 Å². The summed E-state index contributed by atoms with van der Waals surface area (Å²) in [4.78, 5) is 28.9. The highest BCUT2D eigenvalue weighted by atomic mass is 32.2. The molecule has 9 heteroatoms. The molecular weight excluding hydrogens is 569 g/mol. The summed E-state index contributed by atoms with van der Waals surface area (Å²) < 4.78 is 29.0. The van der Waals surface area contributed by atoms with Crippen LogP contribution in [0.25, 0.3) is 21.6 Å². The van der Waals surface area contributed by atoms with Gasteiger partial charge in [0, 0.05) is 11.4 Å². The average Bonchev–Trinajstić information content (AvgIpc) is 3.47. The molecule has 1 aromatic heterocycles. The molecular formula is C33H32N2O5S2. The van der Waals surface area contributed by atoms with Gasteiger partial charge in [0.2, 0.25) is 15.9 Å². The molecule has 7 nitrogen and oxygen atoms in total. The molecule has 1 saturated heterocycles. The molecule has 1 N–H and O–H groups in total. The van der Waals surface area contributed by atoms with Crippen LogP contribution in [0.4, 0.5) is 5.69 Å². The Labute approximate surface area is 250 Å². The Morgan fingerprint density at radius 1 is 0.810 bits per heavy atom. The maximum Gasteiger partial charge on any atom is 0.348 e. The molecule has 42 heavy (non-hydrogen) atoms. The summed E-state index contributed by atoms with van der Waals surface area (Å²) in [7, 11) is -3.96. The molecule has 2 heterocycles. The Hall–Kier alpha value is -3.79. The predicted molar refractivity (Wildman–Crippen MR) is 165 cm³/mol. The van der Waals surface area contributed by atoms with Gasteiger partial charge in [0.1, 0.15) is 4.88 Å². The Morgan fingerprint density at radius 3 is 2.02 bits per heavy atom. The summed E-state index contributed by atoms with van der Waals surface area (Å²) >= 11 is 1.14. The van der Waals surface area contributed by atoms with Gasteiger partial charge < -0.3 is 10.0 Å². The second-order valence-electron chi connectivity index (χ2n) is 10.9. The van der Waals surface area contributed by atoms with E-state index in [0.29, 0.717) is 5.69 Å². The van der Waals surface area contributed by atoms with E-state index in [2.05, 4.69) is 0 Å². The number of carboxylic acids is 1. The highest BCUT2D eigenvalue weighted by molar-refractivity contribution is 7.89. The van der Waals surface area contributed by atoms with Crippen molar-refractivity contribution in [2.24, 2.45) is 5.92 Å². The van der Waals surface area contributed by atoms with Gasteiger partial charge in [0.05, 0.1) is 23.2 Å². The Kier molecular flexibility index (Phi) is 7.98. The zero-order chi connectivity index (χ0) is 29.3. The van der Waals surface area contributed by atoms with E-state index < -0.39 is 27.9 Å². The lowest BCUT2D eigenvalue weighted by atomic mass is 9.82. The first-order chi connectivity index (χ1) is 20.3. The minimum absolute atomic E-state index is 0.0721. The Morgan fingerprint density at radius 2 is 1.40 bits per heavy atom. The number of sulfonamides is 1. The molecule has 2 fully saturated rings. The molecule has 1 saturated carbocycles. The van der Waals surface area contributed by atoms with Gasteiger partial charge >= 0.3 is 5.97 Å². The summed E-state index contributed by atoms with van der Waals surface area (Å²) in [6.45, 7) is -0.226. The van der Waals surface area contributed by atoms with Crippen LogP contribution in [0.15, 0.2) is 95.9 Å². The molecule has 2 aliphatic rings. The fourth-order valence-electron chi connectivity index (χ4n) is 6.20. The molecule has 6 rings (SSSR count). The molecule has 1 amide bonds. The number of hydrogen-bond acceptors (Lipinski definition) is 5. The molecule has 0 radical (unpaired) electrons. The normalized spacial score (nSPS) is 18.7. The first-order valence-corrected chi connectivity index (χ1v) is 16.5. The third-order valence-electron chi connectivity index (χ3n) is 8.32. The van der Waals surface area contributed by atoms with E-state index in [1.165, 1.54) is 4.31 Å². The van der Waals surface area contributed by atoms with Crippen molar-refractivity contribution in [1.29, 1.82) is 0 Å². The van der Waals surface area contributed by atoms with Crippen molar-refractivity contribution in [3.8, 4) is 21.6 Å². The maximum absolute atomic E-state index is 13.9. The lowest BCUT2D eigenvalue weighted by Crippen LogP contribution is -2.60. The molecule has 1 aliphatic carbocycles. The molecule has 1 unspecified atom stereocenters. The van der Waals surface area contributed by atoms with Crippen molar-refractivity contribution in [2.45, 2.75) is 43.0 Å². The third-order valence-corrected chi connectivity index (χ3v) is 11.3. The number of thiophene rings is 1. The standard InChI is InChI=1S/C33H32N2O5S2/c36-31-22-34(42(39,40)27-18-16-24(17-19-27)23-10-4-1-5-11-23)21-29(25-12-6-2-7-13-25)35(31)28-20-30(41-32(28)33(37)38)26-14-8-3-9-15-26/h1,3-5,8-11,14-20,25,29H,2,6-7,12-13,21-22H2,(H,37,38). The van der Waals surface area contributed by atoms with Crippen molar-refractivity contribution in [3.63, 3.8) is 0 Å². The smallest absolute Gasteiger partial charge is 0.348 e. The largest absolute Gasteiger partial charge is 0.477 e. The van der Waals surface area contributed by atoms with Gasteiger partial charge in [-0.25, -0.2) is 13.2 Å².